The van der Waals surface area contributed by atoms with Crippen molar-refractivity contribution in [2.75, 3.05) is 13.2 Å². The second-order valence-corrected chi connectivity index (χ2v) is 4.34. The molecule has 5 nitrogen and oxygen atoms in total. The fourth-order valence-corrected chi connectivity index (χ4v) is 2.38. The summed E-state index contributed by atoms with van der Waals surface area (Å²) in [7, 11) is -3.62. The van der Waals surface area contributed by atoms with Crippen LogP contribution in [0.25, 0.3) is 0 Å². The number of aliphatic hydroxyl groups excluding tert-OH is 1. The normalized spacial score (nSPS) is 13.3. The quantitative estimate of drug-likeness (QED) is 0.436. The highest BCUT2D eigenvalue weighted by Gasteiger charge is 2.32. The van der Waals surface area contributed by atoms with E-state index in [1.165, 1.54) is 6.92 Å². The van der Waals surface area contributed by atoms with E-state index < -0.39 is 7.60 Å². The van der Waals surface area contributed by atoms with Crippen LogP contribution >= 0.6 is 7.60 Å². The van der Waals surface area contributed by atoms with Crippen LogP contribution in [0.1, 0.15) is 20.8 Å². The average Bonchev–Trinajstić information content (AvgIpc) is 2.04. The molecule has 0 aromatic carbocycles. The van der Waals surface area contributed by atoms with Gasteiger partial charge < -0.3 is 14.2 Å². The van der Waals surface area contributed by atoms with Crippen molar-refractivity contribution in [1.82, 2.24) is 0 Å². The Morgan fingerprint density at radius 1 is 1.43 bits per heavy atom. The van der Waals surface area contributed by atoms with E-state index in [9.17, 15) is 4.57 Å². The van der Waals surface area contributed by atoms with Crippen LogP contribution in [-0.2, 0) is 13.6 Å². The summed E-state index contributed by atoms with van der Waals surface area (Å²) >= 11 is 0. The summed E-state index contributed by atoms with van der Waals surface area (Å²) in [6, 6.07) is 1.63. The minimum atomic E-state index is -3.62. The van der Waals surface area contributed by atoms with Gasteiger partial charge in [-0.25, -0.2) is 0 Å². The number of nitriles is 1. The molecule has 0 bridgehead atoms. The van der Waals surface area contributed by atoms with E-state index in [2.05, 4.69) is 0 Å². The summed E-state index contributed by atoms with van der Waals surface area (Å²) < 4.78 is 21.7. The zero-order valence-electron chi connectivity index (χ0n) is 8.48. The van der Waals surface area contributed by atoms with Crippen LogP contribution in [0.3, 0.4) is 0 Å². The summed E-state index contributed by atoms with van der Waals surface area (Å²) in [6.45, 7) is 4.83. The van der Waals surface area contributed by atoms with Crippen LogP contribution in [0.5, 0.6) is 0 Å². The highest BCUT2D eigenvalue weighted by atomic mass is 31.2. The van der Waals surface area contributed by atoms with E-state index in [1.54, 1.807) is 19.9 Å². The molecule has 0 aliphatic carbocycles. The van der Waals surface area contributed by atoms with Gasteiger partial charge in [-0.1, -0.05) is 0 Å². The molecule has 0 aliphatic rings. The molecule has 0 aromatic heterocycles. The van der Waals surface area contributed by atoms with Crippen LogP contribution in [0, 0.1) is 11.3 Å². The highest BCUT2D eigenvalue weighted by Crippen LogP contribution is 2.56. The Balaban J connectivity index is 5.11. The average molecular weight is 219 g/mol. The van der Waals surface area contributed by atoms with Crippen LogP contribution in [0.4, 0.5) is 0 Å². The maximum absolute atomic E-state index is 11.9. The number of aliphatic hydroxyl groups is 1. The molecule has 0 atom stereocenters. The van der Waals surface area contributed by atoms with Gasteiger partial charge in [0.25, 0.3) is 0 Å². The lowest BCUT2D eigenvalue weighted by molar-refractivity contribution is 0.226. The van der Waals surface area contributed by atoms with Crippen LogP contribution < -0.4 is 0 Å². The topological polar surface area (TPSA) is 79.5 Å². The number of allylic oxidation sites excluding steroid dienone is 2. The van der Waals surface area contributed by atoms with Crippen molar-refractivity contribution < 1.29 is 18.7 Å². The molecule has 0 spiro atoms. The summed E-state index contributed by atoms with van der Waals surface area (Å²) in [5.74, 6) is -0.335. The zero-order valence-corrected chi connectivity index (χ0v) is 9.38. The maximum atomic E-state index is 11.9. The van der Waals surface area contributed by atoms with Gasteiger partial charge in [-0.05, 0) is 20.8 Å². The van der Waals surface area contributed by atoms with Gasteiger partial charge in [-0.2, -0.15) is 5.26 Å². The van der Waals surface area contributed by atoms with Crippen molar-refractivity contribution in [1.29, 1.82) is 5.26 Å². The van der Waals surface area contributed by atoms with E-state index in [1.807, 2.05) is 0 Å². The van der Waals surface area contributed by atoms with E-state index in [0.717, 1.165) is 0 Å². The molecule has 0 heterocycles. The Labute approximate surface area is 83.5 Å². The summed E-state index contributed by atoms with van der Waals surface area (Å²) in [6.07, 6.45) is 0. The van der Waals surface area contributed by atoms with Crippen LogP contribution in [0.2, 0.25) is 0 Å². The van der Waals surface area contributed by atoms with Crippen molar-refractivity contribution in [2.45, 2.75) is 20.8 Å². The minimum absolute atomic E-state index is 0.149. The first-order valence-electron chi connectivity index (χ1n) is 4.21. The molecular formula is C8H14NO4P. The summed E-state index contributed by atoms with van der Waals surface area (Å²) in [4.78, 5) is 0. The van der Waals surface area contributed by atoms with Crippen molar-refractivity contribution in [3.8, 4) is 6.07 Å². The Morgan fingerprint density at radius 3 is 2.07 bits per heavy atom. The van der Waals surface area contributed by atoms with Gasteiger partial charge in [-0.3, -0.25) is 4.57 Å². The molecule has 0 amide bonds. The fourth-order valence-electron chi connectivity index (χ4n) is 0.847. The van der Waals surface area contributed by atoms with E-state index in [4.69, 9.17) is 19.4 Å². The number of hydrogen-bond donors (Lipinski definition) is 1. The second kappa shape index (κ2) is 5.82. The van der Waals surface area contributed by atoms with Gasteiger partial charge in [0.2, 0.25) is 0 Å². The fraction of sp³-hybridized carbons (Fsp3) is 0.625. The predicted octanol–water partition coefficient (Wildman–Crippen LogP) is 2.57. The molecule has 80 valence electrons. The van der Waals surface area contributed by atoms with Gasteiger partial charge in [0.15, 0.2) is 5.31 Å². The van der Waals surface area contributed by atoms with Crippen molar-refractivity contribution in [2.24, 2.45) is 0 Å². The summed E-state index contributed by atoms with van der Waals surface area (Å²) in [5.41, 5.74) is 0. The highest BCUT2D eigenvalue weighted by molar-refractivity contribution is 7.58. The largest absolute Gasteiger partial charge is 0.511 e. The molecule has 0 radical (unpaired) electrons. The Bertz CT molecular complexity index is 291. The van der Waals surface area contributed by atoms with Gasteiger partial charge in [0.05, 0.1) is 13.2 Å². The lowest BCUT2D eigenvalue weighted by Crippen LogP contribution is -1.99. The second-order valence-electron chi connectivity index (χ2n) is 2.38. The van der Waals surface area contributed by atoms with Gasteiger partial charge in [-0.15, -0.1) is 0 Å². The lowest BCUT2D eigenvalue weighted by atomic mass is 10.5. The molecular weight excluding hydrogens is 205 g/mol. The number of rotatable bonds is 5. The molecule has 0 aromatic rings. The first-order chi connectivity index (χ1) is 6.51. The molecule has 0 rings (SSSR count). The van der Waals surface area contributed by atoms with Gasteiger partial charge in [0, 0.05) is 0 Å². The van der Waals surface area contributed by atoms with Gasteiger partial charge >= 0.3 is 7.60 Å². The Morgan fingerprint density at radius 2 is 1.86 bits per heavy atom. The molecule has 14 heavy (non-hydrogen) atoms. The molecule has 0 fully saturated rings. The molecule has 0 saturated carbocycles. The molecule has 0 unspecified atom stereocenters. The molecule has 0 aliphatic heterocycles. The third-order valence-electron chi connectivity index (χ3n) is 1.32. The molecule has 1 N–H and O–H groups in total. The molecule has 0 saturated heterocycles. The summed E-state index contributed by atoms with van der Waals surface area (Å²) in [5, 5.41) is 17.5. The Hall–Kier alpha value is -0.820. The predicted molar refractivity (Wildman–Crippen MR) is 51.8 cm³/mol. The van der Waals surface area contributed by atoms with Crippen LogP contribution in [-0.4, -0.2) is 18.3 Å². The van der Waals surface area contributed by atoms with E-state index in [0.29, 0.717) is 0 Å². The lowest BCUT2D eigenvalue weighted by Gasteiger charge is -2.15. The minimum Gasteiger partial charge on any atom is -0.511 e. The SMILES string of the molecule is CCOP(=O)(OCC)/C(C#N)=C(/C)O. The molecule has 6 heteroatoms. The monoisotopic (exact) mass is 219 g/mol. The van der Waals surface area contributed by atoms with Crippen molar-refractivity contribution >= 4 is 7.60 Å². The number of nitrogens with zero attached hydrogens (tertiary/aromatic N) is 1. The van der Waals surface area contributed by atoms with Crippen LogP contribution in [0.15, 0.2) is 11.1 Å². The standard InChI is InChI=1S/C8H14NO4P/c1-4-12-14(11,13-5-2)8(6-9)7(3)10/h10H,4-5H2,1-3H3/b8-7-. The number of hydrogen-bond acceptors (Lipinski definition) is 5. The zero-order chi connectivity index (χ0) is 11.2. The van der Waals surface area contributed by atoms with Gasteiger partial charge in [0.1, 0.15) is 11.8 Å². The Kier molecular flexibility index (Phi) is 5.47. The van der Waals surface area contributed by atoms with E-state index >= 15 is 0 Å². The third-order valence-corrected chi connectivity index (χ3v) is 3.49. The van der Waals surface area contributed by atoms with E-state index in [-0.39, 0.29) is 24.3 Å². The maximum Gasteiger partial charge on any atom is 0.375 e. The van der Waals surface area contributed by atoms with Crippen molar-refractivity contribution in [3.05, 3.63) is 11.1 Å². The first kappa shape index (κ1) is 13.2. The third kappa shape index (κ3) is 3.15. The first-order valence-corrected chi connectivity index (χ1v) is 5.75. The van der Waals surface area contributed by atoms with Crippen molar-refractivity contribution in [3.63, 3.8) is 0 Å². The smallest absolute Gasteiger partial charge is 0.375 e.